The van der Waals surface area contributed by atoms with E-state index in [0.29, 0.717) is 32.7 Å². The Bertz CT molecular complexity index is 397. The fourth-order valence-corrected chi connectivity index (χ4v) is 14.7. The third kappa shape index (κ3) is 1.88. The van der Waals surface area contributed by atoms with Crippen LogP contribution in [0, 0.1) is 52.6 Å². The van der Waals surface area contributed by atoms with Crippen LogP contribution in [0.1, 0.15) is 11.9 Å². The molecule has 0 amide bonds. The first-order valence-corrected chi connectivity index (χ1v) is 44.7. The van der Waals surface area contributed by atoms with E-state index in [1.54, 1.807) is 11.3 Å². The molecular weight excluding hydrogens is 513 g/mol. The maximum absolute atomic E-state index is 4.46. The third-order valence-corrected chi connectivity index (χ3v) is 20.9. The summed E-state index contributed by atoms with van der Waals surface area (Å²) in [5.41, 5.74) is 0. The molecule has 0 fully saturated rings. The van der Waals surface area contributed by atoms with Gasteiger partial charge in [-0.3, -0.25) is 0 Å². The summed E-state index contributed by atoms with van der Waals surface area (Å²) in [7, 11) is 0. The molecule has 0 aromatic carbocycles. The first kappa shape index (κ1) is 10.2. The molecule has 0 saturated heterocycles. The Kier molecular flexibility index (Phi) is 3.81. The molecule has 4 nitrogen and oxygen atoms in total. The van der Waals surface area contributed by atoms with Crippen molar-refractivity contribution in [3.05, 3.63) is 5.01 Å². The van der Waals surface area contributed by atoms with E-state index in [4.69, 9.17) is 0 Å². The quantitative estimate of drug-likeness (QED) is 0.546. The van der Waals surface area contributed by atoms with Gasteiger partial charge >= 0.3 is 109 Å². The van der Waals surface area contributed by atoms with Crippen molar-refractivity contribution in [2.24, 2.45) is 0 Å². The van der Waals surface area contributed by atoms with Gasteiger partial charge in [0.15, 0.2) is 0 Å². The second-order valence-electron chi connectivity index (χ2n) is 2.39. The molecule has 2 aromatic heterocycles. The average molecular weight is 519 g/mol. The van der Waals surface area contributed by atoms with Gasteiger partial charge in [0.05, 0.1) is 0 Å². The molecular formula is C5H6LaN4RaS. The van der Waals surface area contributed by atoms with Gasteiger partial charge in [0.2, 0.25) is 0 Å². The van der Waals surface area contributed by atoms with Gasteiger partial charge in [-0.05, 0) is 0 Å². The molecule has 0 aliphatic heterocycles. The van der Waals surface area contributed by atoms with Crippen LogP contribution in [-0.4, -0.2) is 19.8 Å². The van der Waals surface area contributed by atoms with E-state index in [-0.39, 0.29) is 0 Å². The van der Waals surface area contributed by atoms with Crippen molar-refractivity contribution in [2.75, 3.05) is 0 Å². The molecule has 0 saturated carbocycles. The van der Waals surface area contributed by atoms with Crippen molar-refractivity contribution in [3.63, 3.8) is 0 Å². The molecule has 0 N–H and O–H groups in total. The van der Waals surface area contributed by atoms with E-state index >= 15 is 0 Å². The van der Waals surface area contributed by atoms with Crippen molar-refractivity contribution >= 4 is 18.5 Å². The second kappa shape index (κ2) is 4.47. The summed E-state index contributed by atoms with van der Waals surface area (Å²) in [4.78, 5) is 0.995. The predicted octanol–water partition coefficient (Wildman–Crippen LogP) is -0.345. The number of hydrogen-bond donors (Lipinski definition) is 0. The van der Waals surface area contributed by atoms with E-state index in [0.717, 1.165) is 11.4 Å². The van der Waals surface area contributed by atoms with Crippen molar-refractivity contribution < 1.29 is 52.6 Å². The first-order valence-electron chi connectivity index (χ1n) is 3.85. The number of aromatic nitrogens is 4. The number of fused-ring (bicyclic) bond motifs is 1. The molecule has 7 heteroatoms. The van der Waals surface area contributed by atoms with Crippen LogP contribution in [0.4, 0.5) is 0 Å². The van der Waals surface area contributed by atoms with Crippen LogP contribution >= 0.6 is 11.3 Å². The van der Waals surface area contributed by atoms with Gasteiger partial charge < -0.3 is 0 Å². The van der Waals surface area contributed by atoms with Crippen LogP contribution in [0.5, 0.6) is 0 Å². The first-order chi connectivity index (χ1) is 5.85. The molecule has 0 bridgehead atoms. The Labute approximate surface area is 106 Å². The van der Waals surface area contributed by atoms with Crippen LogP contribution in [0.2, 0.25) is 0 Å². The maximum atomic E-state index is 4.46. The van der Waals surface area contributed by atoms with Crippen LogP contribution in [0.15, 0.2) is 0 Å². The Hall–Kier alpha value is 1.69. The molecule has 2 aromatic rings. The normalized spacial score (nSPS) is 10.3. The summed E-state index contributed by atoms with van der Waals surface area (Å²) in [5, 5.41) is 13.9. The van der Waals surface area contributed by atoms with Crippen LogP contribution < -0.4 is 2.23 Å². The standard InChI is InChI=1S/C5H5N4S.La.Ra.H/c1-2-4-8-9-3-6-7-5(9)10-4;;;/h2H2,1H3;;;. The number of aryl methyl sites for hydroxylation is 1. The van der Waals surface area contributed by atoms with Crippen molar-refractivity contribution in [3.8, 4) is 0 Å². The number of rotatable bonds is 2. The molecule has 0 aliphatic rings. The molecule has 12 heavy (non-hydrogen) atoms. The van der Waals surface area contributed by atoms with Gasteiger partial charge in [0, 0.05) is 0 Å². The molecule has 0 spiro atoms. The third-order valence-electron chi connectivity index (χ3n) is 1.62. The fourth-order valence-electron chi connectivity index (χ4n) is 0.995. The van der Waals surface area contributed by atoms with E-state index in [9.17, 15) is 0 Å². The summed E-state index contributed by atoms with van der Waals surface area (Å²) < 4.78 is 3.24. The summed E-state index contributed by atoms with van der Waals surface area (Å²) in [6.45, 7) is 2.13. The van der Waals surface area contributed by atoms with Crippen LogP contribution in [0.3, 0.4) is 0 Å². The summed E-state index contributed by atoms with van der Waals surface area (Å²) in [6, 6.07) is 0. The topological polar surface area (TPSA) is 43.1 Å². The summed E-state index contributed by atoms with van der Waals surface area (Å²) >= 11 is 1.79. The molecule has 57 valence electrons. The number of hydrogen-bond acceptors (Lipinski definition) is 4. The molecule has 0 aliphatic carbocycles. The van der Waals surface area contributed by atoms with E-state index in [2.05, 4.69) is 22.2 Å². The average Bonchev–Trinajstić information content (AvgIpc) is 2.61. The van der Waals surface area contributed by atoms with E-state index in [1.165, 1.54) is 7.23 Å². The Balaban J connectivity index is 2.60. The Morgan fingerprint density at radius 3 is 3.08 bits per heavy atom. The minimum atomic E-state index is -0.586. The molecule has 0 radical (unpaired) electrons. The van der Waals surface area contributed by atoms with Crippen molar-refractivity contribution in [2.45, 2.75) is 13.3 Å². The molecule has 2 heterocycles. The van der Waals surface area contributed by atoms with Gasteiger partial charge in [-0.25, -0.2) is 0 Å². The molecule has 2 rings (SSSR count). The zero-order valence-corrected chi connectivity index (χ0v) is 19.6. The van der Waals surface area contributed by atoms with Gasteiger partial charge in [-0.1, -0.05) is 0 Å². The predicted molar refractivity (Wildman–Crippen MR) is 39.1 cm³/mol. The van der Waals surface area contributed by atoms with Gasteiger partial charge in [-0.15, -0.1) is 0 Å². The fraction of sp³-hybridized carbons (Fsp3) is 0.400. The monoisotopic (exact) mass is 519 g/mol. The van der Waals surface area contributed by atoms with Gasteiger partial charge in [-0.2, -0.15) is 0 Å². The van der Waals surface area contributed by atoms with Crippen molar-refractivity contribution in [1.82, 2.24) is 19.8 Å². The van der Waals surface area contributed by atoms with E-state index in [1.807, 2.05) is 4.52 Å². The number of nitrogens with zero attached hydrogens (tertiary/aromatic N) is 4. The summed E-state index contributed by atoms with van der Waals surface area (Å²) in [6.07, 6.45) is 1.01. The SMILES string of the molecule is CCc1nn2[c]([La][RaH])nnc2s1. The molecule has 0 atom stereocenters. The van der Waals surface area contributed by atoms with Gasteiger partial charge in [0.25, 0.3) is 0 Å². The second-order valence-corrected chi connectivity index (χ2v) is 24.1. The van der Waals surface area contributed by atoms with Crippen molar-refractivity contribution in [1.29, 1.82) is 0 Å². The minimum absolute atomic E-state index is 0.586. The van der Waals surface area contributed by atoms with Gasteiger partial charge in [0.1, 0.15) is 0 Å². The zero-order chi connectivity index (χ0) is 8.55. The summed E-state index contributed by atoms with van der Waals surface area (Å²) in [5.74, 6) is 0. The van der Waals surface area contributed by atoms with E-state index < -0.39 is 19.9 Å². The van der Waals surface area contributed by atoms with Crippen LogP contribution in [-0.2, 0) is 6.42 Å². The molecule has 0 unspecified atom stereocenters. The Morgan fingerprint density at radius 1 is 1.58 bits per heavy atom. The Morgan fingerprint density at radius 2 is 2.42 bits per heavy atom. The zero-order valence-electron chi connectivity index (χ0n) is 6.98. The van der Waals surface area contributed by atoms with Crippen LogP contribution in [0.25, 0.3) is 4.96 Å².